The van der Waals surface area contributed by atoms with E-state index in [1.165, 1.54) is 12.5 Å². The molecule has 0 spiro atoms. The van der Waals surface area contributed by atoms with Crippen LogP contribution in [0.3, 0.4) is 0 Å². The van der Waals surface area contributed by atoms with Crippen LogP contribution in [0, 0.1) is 30.5 Å². The summed E-state index contributed by atoms with van der Waals surface area (Å²) in [7, 11) is 0. The molecule has 1 amide bonds. The molecule has 1 saturated carbocycles. The summed E-state index contributed by atoms with van der Waals surface area (Å²) in [6.45, 7) is 5.28. The number of carbonyl (C=O) groups is 1. The Balaban J connectivity index is 0.924. The zero-order valence-corrected chi connectivity index (χ0v) is 22.9. The maximum Gasteiger partial charge on any atom is 0.227 e. The van der Waals surface area contributed by atoms with Gasteiger partial charge in [-0.05, 0) is 55.1 Å². The van der Waals surface area contributed by atoms with Crippen LogP contribution in [0.1, 0.15) is 48.6 Å². The molecule has 0 radical (unpaired) electrons. The van der Waals surface area contributed by atoms with Gasteiger partial charge in [-0.25, -0.2) is 19.3 Å². The number of ether oxygens (including phenoxy) is 1. The van der Waals surface area contributed by atoms with E-state index in [1.807, 2.05) is 0 Å². The van der Waals surface area contributed by atoms with Crippen LogP contribution >= 0.6 is 11.6 Å². The fourth-order valence-corrected chi connectivity index (χ4v) is 6.18. The molecule has 10 heteroatoms. The Kier molecular flexibility index (Phi) is 7.42. The Morgan fingerprint density at radius 1 is 1.21 bits per heavy atom. The Labute approximate surface area is 232 Å². The lowest BCUT2D eigenvalue weighted by atomic mass is 9.90. The van der Waals surface area contributed by atoms with Crippen molar-refractivity contribution < 1.29 is 18.3 Å². The number of halogens is 2. The lowest BCUT2D eigenvalue weighted by Crippen LogP contribution is -2.36. The van der Waals surface area contributed by atoms with Crippen molar-refractivity contribution in [1.29, 1.82) is 0 Å². The third-order valence-electron chi connectivity index (χ3n) is 8.32. The van der Waals surface area contributed by atoms with Crippen molar-refractivity contribution in [3.63, 3.8) is 0 Å². The molecule has 8 nitrogen and oxygen atoms in total. The predicted octanol–water partition coefficient (Wildman–Crippen LogP) is 5.01. The molecule has 4 heterocycles. The normalized spacial score (nSPS) is 21.1. The van der Waals surface area contributed by atoms with Gasteiger partial charge >= 0.3 is 0 Å². The first-order valence-corrected chi connectivity index (χ1v) is 14.2. The summed E-state index contributed by atoms with van der Waals surface area (Å²) in [6, 6.07) is 4.83. The summed E-state index contributed by atoms with van der Waals surface area (Å²) in [6.07, 6.45) is 8.47. The van der Waals surface area contributed by atoms with Crippen molar-refractivity contribution in [3.05, 3.63) is 64.3 Å². The Morgan fingerprint density at radius 3 is 2.77 bits per heavy atom. The highest BCUT2D eigenvalue weighted by Crippen LogP contribution is 2.49. The molecule has 2 aliphatic heterocycles. The number of nitrogens with zero attached hydrogens (tertiary/aromatic N) is 5. The van der Waals surface area contributed by atoms with Crippen molar-refractivity contribution in [2.75, 3.05) is 31.1 Å². The lowest BCUT2D eigenvalue weighted by Gasteiger charge is -2.32. The van der Waals surface area contributed by atoms with Crippen molar-refractivity contribution >= 4 is 23.5 Å². The van der Waals surface area contributed by atoms with Gasteiger partial charge in [0.15, 0.2) is 5.89 Å². The second kappa shape index (κ2) is 11.1. The van der Waals surface area contributed by atoms with Crippen molar-refractivity contribution in [1.82, 2.24) is 19.9 Å². The summed E-state index contributed by atoms with van der Waals surface area (Å²) in [5.41, 5.74) is 1.18. The molecule has 1 aromatic carbocycles. The Morgan fingerprint density at radius 2 is 2.00 bits per heavy atom. The number of oxazole rings is 1. The van der Waals surface area contributed by atoms with Gasteiger partial charge in [0.1, 0.15) is 23.0 Å². The van der Waals surface area contributed by atoms with E-state index in [4.69, 9.17) is 20.8 Å². The number of aryl methyl sites for hydroxylation is 1. The molecular weight excluding hydrogens is 521 g/mol. The monoisotopic (exact) mass is 553 g/mol. The van der Waals surface area contributed by atoms with Crippen LogP contribution < -0.4 is 9.64 Å². The third kappa shape index (κ3) is 6.03. The zero-order chi connectivity index (χ0) is 26.9. The van der Waals surface area contributed by atoms with E-state index in [-0.39, 0.29) is 12.3 Å². The molecule has 0 N–H and O–H groups in total. The van der Waals surface area contributed by atoms with Gasteiger partial charge in [0.2, 0.25) is 11.9 Å². The number of hydrogen-bond donors (Lipinski definition) is 0. The molecule has 3 aliphatic rings. The van der Waals surface area contributed by atoms with Crippen LogP contribution in [-0.4, -0.2) is 52.0 Å². The van der Waals surface area contributed by atoms with E-state index in [9.17, 15) is 9.18 Å². The number of aromatic nitrogens is 3. The van der Waals surface area contributed by atoms with Gasteiger partial charge < -0.3 is 19.0 Å². The highest BCUT2D eigenvalue weighted by Gasteiger charge is 2.43. The van der Waals surface area contributed by atoms with E-state index < -0.39 is 5.82 Å². The van der Waals surface area contributed by atoms with Crippen molar-refractivity contribution in [3.8, 4) is 5.75 Å². The summed E-state index contributed by atoms with van der Waals surface area (Å²) in [4.78, 5) is 29.8. The van der Waals surface area contributed by atoms with Gasteiger partial charge in [-0.3, -0.25) is 4.79 Å². The average molecular weight is 554 g/mol. The molecule has 2 atom stereocenters. The summed E-state index contributed by atoms with van der Waals surface area (Å²) < 4.78 is 26.2. The third-order valence-corrected chi connectivity index (χ3v) is 8.52. The predicted molar refractivity (Wildman–Crippen MR) is 144 cm³/mol. The maximum atomic E-state index is 14.8. The fraction of sp³-hybridized carbons (Fsp3) is 0.517. The molecule has 1 aliphatic carbocycles. The topological polar surface area (TPSA) is 84.6 Å². The van der Waals surface area contributed by atoms with Crippen LogP contribution in [0.2, 0.25) is 5.02 Å². The molecule has 0 bridgehead atoms. The van der Waals surface area contributed by atoms with Gasteiger partial charge in [0.25, 0.3) is 0 Å². The molecular formula is C29H33ClFN5O3. The first-order chi connectivity index (χ1) is 18.9. The molecule has 1 unspecified atom stereocenters. The van der Waals surface area contributed by atoms with Crippen LogP contribution in [0.15, 0.2) is 35.0 Å². The molecule has 2 aromatic heterocycles. The van der Waals surface area contributed by atoms with E-state index in [1.54, 1.807) is 36.4 Å². The van der Waals surface area contributed by atoms with Crippen LogP contribution in [-0.2, 0) is 24.2 Å². The number of piperidine rings is 1. The molecule has 2 fully saturated rings. The van der Waals surface area contributed by atoms with E-state index in [0.29, 0.717) is 54.3 Å². The standard InChI is InChI=1S/C29H33ClFN5O3/c1-18-34-26-17-36(10-6-27(26)39-18)28(37)13-21-2-3-23(14-25(21)31)38-11-7-20-12-24(20)19-4-8-35(9-5-19)29-32-15-22(30)16-33-29/h2-3,14-16,19-20,24H,4-13,17H2,1H3/t20-,24?/m1/s1. The second-order valence-electron chi connectivity index (χ2n) is 10.9. The maximum absolute atomic E-state index is 14.8. The smallest absolute Gasteiger partial charge is 0.227 e. The van der Waals surface area contributed by atoms with Crippen LogP contribution in [0.4, 0.5) is 10.3 Å². The highest BCUT2D eigenvalue weighted by atomic mass is 35.5. The fourth-order valence-electron chi connectivity index (χ4n) is 6.08. The molecule has 3 aromatic rings. The van der Waals surface area contributed by atoms with E-state index in [0.717, 1.165) is 61.6 Å². The second-order valence-corrected chi connectivity index (χ2v) is 11.4. The number of carbonyl (C=O) groups excluding carboxylic acids is 1. The number of anilines is 1. The van der Waals surface area contributed by atoms with Gasteiger partial charge in [-0.2, -0.15) is 0 Å². The van der Waals surface area contributed by atoms with Crippen molar-refractivity contribution in [2.45, 2.75) is 52.0 Å². The average Bonchev–Trinajstić information content (AvgIpc) is 3.61. The molecule has 6 rings (SSSR count). The minimum atomic E-state index is -0.406. The first-order valence-electron chi connectivity index (χ1n) is 13.8. The Hall–Kier alpha value is -3.20. The highest BCUT2D eigenvalue weighted by molar-refractivity contribution is 6.30. The lowest BCUT2D eigenvalue weighted by molar-refractivity contribution is -0.131. The van der Waals surface area contributed by atoms with Gasteiger partial charge in [-0.15, -0.1) is 0 Å². The summed E-state index contributed by atoms with van der Waals surface area (Å²) in [5, 5.41) is 0.556. The quantitative estimate of drug-likeness (QED) is 0.387. The SMILES string of the molecule is Cc1nc2c(o1)CCN(C(=O)Cc1ccc(OCC[C@@H]3CC3C3CCN(c4ncc(Cl)cn4)CC3)cc1F)C2. The van der Waals surface area contributed by atoms with Crippen molar-refractivity contribution in [2.24, 2.45) is 17.8 Å². The van der Waals surface area contributed by atoms with Crippen LogP contribution in [0.25, 0.3) is 0 Å². The summed E-state index contributed by atoms with van der Waals surface area (Å²) >= 11 is 5.90. The Bertz CT molecular complexity index is 1320. The molecule has 1 saturated heterocycles. The number of hydrogen-bond acceptors (Lipinski definition) is 7. The summed E-state index contributed by atoms with van der Waals surface area (Å²) in [5.74, 6) is 4.36. The number of rotatable bonds is 8. The largest absolute Gasteiger partial charge is 0.493 e. The number of amides is 1. The van der Waals surface area contributed by atoms with E-state index in [2.05, 4.69) is 19.9 Å². The minimum absolute atomic E-state index is 0.0188. The van der Waals surface area contributed by atoms with Gasteiger partial charge in [0.05, 0.1) is 37.0 Å². The van der Waals surface area contributed by atoms with Gasteiger partial charge in [-0.1, -0.05) is 17.7 Å². The number of benzene rings is 1. The van der Waals surface area contributed by atoms with Crippen LogP contribution in [0.5, 0.6) is 5.75 Å². The minimum Gasteiger partial charge on any atom is -0.493 e. The van der Waals surface area contributed by atoms with E-state index >= 15 is 0 Å². The first kappa shape index (κ1) is 26.0. The number of fused-ring (bicyclic) bond motifs is 1. The molecule has 206 valence electrons. The molecule has 39 heavy (non-hydrogen) atoms. The zero-order valence-electron chi connectivity index (χ0n) is 22.1. The van der Waals surface area contributed by atoms with Gasteiger partial charge in [0, 0.05) is 39.0 Å².